The summed E-state index contributed by atoms with van der Waals surface area (Å²) in [6.07, 6.45) is 0. The van der Waals surface area contributed by atoms with Crippen molar-refractivity contribution in [3.8, 4) is 17.3 Å². The van der Waals surface area contributed by atoms with Gasteiger partial charge in [0.1, 0.15) is 5.69 Å². The number of methoxy groups -OCH3 is 1. The highest BCUT2D eigenvalue weighted by atomic mass is 31.2. The predicted octanol–water partition coefficient (Wildman–Crippen LogP) is 0.252. The van der Waals surface area contributed by atoms with Crippen LogP contribution in [0.4, 0.5) is 0 Å². The Balaban J connectivity index is 2.52. The first-order chi connectivity index (χ1) is 9.31. The van der Waals surface area contributed by atoms with Crippen molar-refractivity contribution in [1.29, 1.82) is 0 Å². The molecule has 0 aromatic carbocycles. The van der Waals surface area contributed by atoms with Gasteiger partial charge in [-0.2, -0.15) is 0 Å². The molecule has 8 nitrogen and oxygen atoms in total. The molecule has 0 fully saturated rings. The maximum Gasteiger partial charge on any atom is 0.391 e. The van der Waals surface area contributed by atoms with Crippen molar-refractivity contribution < 1.29 is 28.3 Å². The minimum absolute atomic E-state index is 0.0877. The van der Waals surface area contributed by atoms with Gasteiger partial charge in [-0.05, 0) is 18.2 Å². The largest absolute Gasteiger partial charge is 0.481 e. The van der Waals surface area contributed by atoms with E-state index in [4.69, 9.17) is 24.7 Å². The van der Waals surface area contributed by atoms with E-state index in [1.54, 1.807) is 0 Å². The second-order valence-electron chi connectivity index (χ2n) is 3.83. The van der Waals surface area contributed by atoms with Crippen LogP contribution in [0.15, 0.2) is 28.7 Å². The van der Waals surface area contributed by atoms with E-state index in [0.29, 0.717) is 0 Å². The first-order valence-corrected chi connectivity index (χ1v) is 6.94. The molecule has 0 saturated carbocycles. The van der Waals surface area contributed by atoms with Gasteiger partial charge < -0.3 is 24.7 Å². The maximum absolute atomic E-state index is 11.2. The molecule has 0 bridgehead atoms. The molecular weight excluding hydrogens is 287 g/mol. The fourth-order valence-electron chi connectivity index (χ4n) is 1.50. The quantitative estimate of drug-likeness (QED) is 0.688. The predicted molar refractivity (Wildman–Crippen MR) is 68.7 cm³/mol. The molecule has 2 aromatic rings. The Kier molecular flexibility index (Phi) is 3.63. The lowest BCUT2D eigenvalue weighted by molar-refractivity contribution is 0.0999. The number of ether oxygens (including phenoxy) is 1. The number of carbonyl (C=O) groups excluding carboxylic acids is 1. The molecule has 0 aliphatic rings. The van der Waals surface area contributed by atoms with Crippen molar-refractivity contribution in [2.45, 2.75) is 0 Å². The molecule has 1 amide bonds. The SMILES string of the molecule is COc1cc(C(N)=O)cc(-c2ccc(P(=O)(O)O)o2)n1. The smallest absolute Gasteiger partial charge is 0.391 e. The van der Waals surface area contributed by atoms with Gasteiger partial charge in [-0.25, -0.2) is 4.98 Å². The van der Waals surface area contributed by atoms with Gasteiger partial charge >= 0.3 is 7.60 Å². The van der Waals surface area contributed by atoms with Crippen LogP contribution < -0.4 is 16.0 Å². The first kappa shape index (κ1) is 14.3. The normalized spacial score (nSPS) is 11.3. The zero-order valence-electron chi connectivity index (χ0n) is 10.3. The van der Waals surface area contributed by atoms with Crippen LogP contribution in [0.2, 0.25) is 0 Å². The number of carbonyl (C=O) groups is 1. The molecule has 0 unspecified atom stereocenters. The van der Waals surface area contributed by atoms with Gasteiger partial charge in [0.2, 0.25) is 17.3 Å². The summed E-state index contributed by atoms with van der Waals surface area (Å²) in [5.41, 5.74) is 5.01. The third-order valence-electron chi connectivity index (χ3n) is 2.43. The molecule has 9 heteroatoms. The number of rotatable bonds is 4. The second kappa shape index (κ2) is 5.09. The van der Waals surface area contributed by atoms with E-state index < -0.39 is 19.0 Å². The van der Waals surface area contributed by atoms with E-state index in [1.807, 2.05) is 0 Å². The molecule has 0 radical (unpaired) electrons. The molecule has 2 heterocycles. The highest BCUT2D eigenvalue weighted by Gasteiger charge is 2.23. The van der Waals surface area contributed by atoms with Gasteiger partial charge in [-0.1, -0.05) is 0 Å². The van der Waals surface area contributed by atoms with Gasteiger partial charge in [0.05, 0.1) is 7.11 Å². The maximum atomic E-state index is 11.2. The van der Waals surface area contributed by atoms with Crippen LogP contribution in [0.1, 0.15) is 10.4 Å². The Morgan fingerprint density at radius 1 is 1.40 bits per heavy atom. The monoisotopic (exact) mass is 298 g/mol. The summed E-state index contributed by atoms with van der Waals surface area (Å²) >= 11 is 0. The van der Waals surface area contributed by atoms with E-state index in [2.05, 4.69) is 4.98 Å². The average molecular weight is 298 g/mol. The minimum Gasteiger partial charge on any atom is -0.481 e. The molecule has 0 aliphatic heterocycles. The number of aromatic nitrogens is 1. The first-order valence-electron chi connectivity index (χ1n) is 5.33. The van der Waals surface area contributed by atoms with Crippen molar-refractivity contribution in [1.82, 2.24) is 4.98 Å². The molecular formula is C11H11N2O6P. The fourth-order valence-corrected chi connectivity index (χ4v) is 1.99. The number of nitrogens with two attached hydrogens (primary N) is 1. The zero-order chi connectivity index (χ0) is 14.9. The van der Waals surface area contributed by atoms with E-state index in [0.717, 1.165) is 6.07 Å². The number of pyridine rings is 1. The molecule has 0 aliphatic carbocycles. The van der Waals surface area contributed by atoms with Crippen LogP contribution in [-0.2, 0) is 4.57 Å². The Bertz CT molecular complexity index is 705. The standard InChI is InChI=1S/C11H11N2O6P/c1-18-9-5-6(11(12)14)4-7(13-9)8-2-3-10(19-8)20(15,16)17/h2-5H,1H3,(H2,12,14)(H2,15,16,17). The third-order valence-corrected chi connectivity index (χ3v) is 3.24. The van der Waals surface area contributed by atoms with Crippen LogP contribution in [0.3, 0.4) is 0 Å². The Morgan fingerprint density at radius 3 is 2.60 bits per heavy atom. The van der Waals surface area contributed by atoms with Crippen molar-refractivity contribution in [2.75, 3.05) is 7.11 Å². The van der Waals surface area contributed by atoms with Crippen LogP contribution in [0, 0.1) is 0 Å². The Hall–Kier alpha value is -2.15. The summed E-state index contributed by atoms with van der Waals surface area (Å²) < 4.78 is 21.0. The van der Waals surface area contributed by atoms with Gasteiger partial charge in [-0.15, -0.1) is 0 Å². The molecule has 0 atom stereocenters. The van der Waals surface area contributed by atoms with E-state index in [-0.39, 0.29) is 22.9 Å². The fraction of sp³-hybridized carbons (Fsp3) is 0.0909. The molecule has 20 heavy (non-hydrogen) atoms. The lowest BCUT2D eigenvalue weighted by Gasteiger charge is -2.04. The summed E-state index contributed by atoms with van der Waals surface area (Å²) in [6, 6.07) is 5.16. The molecule has 4 N–H and O–H groups in total. The number of primary amides is 1. The number of nitrogens with zero attached hydrogens (tertiary/aromatic N) is 1. The van der Waals surface area contributed by atoms with E-state index >= 15 is 0 Å². The van der Waals surface area contributed by atoms with Gasteiger partial charge in [0, 0.05) is 11.6 Å². The van der Waals surface area contributed by atoms with Gasteiger partial charge in [0.15, 0.2) is 5.76 Å². The van der Waals surface area contributed by atoms with Crippen molar-refractivity contribution in [3.63, 3.8) is 0 Å². The van der Waals surface area contributed by atoms with Crippen LogP contribution >= 0.6 is 7.60 Å². The lowest BCUT2D eigenvalue weighted by Crippen LogP contribution is -2.11. The van der Waals surface area contributed by atoms with Gasteiger partial charge in [-0.3, -0.25) is 9.36 Å². The molecule has 0 spiro atoms. The number of hydrogen-bond acceptors (Lipinski definition) is 5. The van der Waals surface area contributed by atoms with Gasteiger partial charge in [0.25, 0.3) is 0 Å². The summed E-state index contributed by atoms with van der Waals surface area (Å²) in [4.78, 5) is 33.2. The summed E-state index contributed by atoms with van der Waals surface area (Å²) in [7, 11) is -3.12. The zero-order valence-corrected chi connectivity index (χ0v) is 11.2. The van der Waals surface area contributed by atoms with Crippen molar-refractivity contribution in [2.24, 2.45) is 5.73 Å². The van der Waals surface area contributed by atoms with Crippen molar-refractivity contribution in [3.05, 3.63) is 29.8 Å². The number of furan rings is 1. The van der Waals surface area contributed by atoms with E-state index in [9.17, 15) is 9.36 Å². The molecule has 0 saturated heterocycles. The summed E-state index contributed by atoms with van der Waals surface area (Å²) in [5, 5.41) is 0. The average Bonchev–Trinajstić information content (AvgIpc) is 2.87. The number of hydrogen-bond donors (Lipinski definition) is 3. The Morgan fingerprint density at radius 2 is 2.10 bits per heavy atom. The summed E-state index contributed by atoms with van der Waals surface area (Å²) in [6.45, 7) is 0. The topological polar surface area (TPSA) is 136 Å². The van der Waals surface area contributed by atoms with Crippen LogP contribution in [0.25, 0.3) is 11.5 Å². The van der Waals surface area contributed by atoms with Crippen LogP contribution in [-0.4, -0.2) is 27.8 Å². The highest BCUT2D eigenvalue weighted by Crippen LogP contribution is 2.35. The lowest BCUT2D eigenvalue weighted by atomic mass is 10.2. The Labute approximate surface area is 113 Å². The number of amides is 1. The second-order valence-corrected chi connectivity index (χ2v) is 5.36. The van der Waals surface area contributed by atoms with Crippen molar-refractivity contribution >= 4 is 19.0 Å². The molecule has 106 valence electrons. The highest BCUT2D eigenvalue weighted by molar-refractivity contribution is 7.59. The summed E-state index contributed by atoms with van der Waals surface area (Å²) in [5.74, 6) is -0.469. The van der Waals surface area contributed by atoms with Crippen LogP contribution in [0.5, 0.6) is 5.88 Å². The minimum atomic E-state index is -4.48. The third kappa shape index (κ3) is 2.88. The van der Waals surface area contributed by atoms with E-state index in [1.165, 1.54) is 25.3 Å². The molecule has 2 aromatic heterocycles. The molecule has 2 rings (SSSR count).